The van der Waals surface area contributed by atoms with Crippen LogP contribution in [-0.4, -0.2) is 21.3 Å². The van der Waals surface area contributed by atoms with Gasteiger partial charge in [-0.1, -0.05) is 42.5 Å². The van der Waals surface area contributed by atoms with Gasteiger partial charge in [-0.2, -0.15) is 0 Å². The maximum atomic E-state index is 10.8. The molecule has 4 rings (SSSR count). The number of allylic oxidation sites excluding steroid dienone is 1. The Hall–Kier alpha value is -3.79. The van der Waals surface area contributed by atoms with Crippen molar-refractivity contribution in [2.75, 3.05) is 0 Å². The number of carboxylic acids is 1. The van der Waals surface area contributed by atoms with Crippen molar-refractivity contribution >= 4 is 23.2 Å². The zero-order chi connectivity index (χ0) is 21.1. The molecule has 3 aromatic carbocycles. The normalized spacial score (nSPS) is 13.9. The highest BCUT2D eigenvalue weighted by molar-refractivity contribution is 6.00. The fraction of sp³-hybridized carbons (Fsp3) is 0.115. The Kier molecular flexibility index (Phi) is 5.40. The Morgan fingerprint density at radius 1 is 0.833 bits per heavy atom. The standard InChI is InChI=1S/C26H22O4/c27-21-5-1-3-19(15-21)23-6-2-4-20-16-22(28)12-13-24(20)26(23)18-10-7-17(8-11-18)9-14-25(29)30/h1,3,5,7-16,27-28H,2,4,6H2,(H,29,30). The summed E-state index contributed by atoms with van der Waals surface area (Å²) in [4.78, 5) is 10.8. The molecule has 0 unspecified atom stereocenters. The Morgan fingerprint density at radius 3 is 2.33 bits per heavy atom. The van der Waals surface area contributed by atoms with E-state index in [1.165, 1.54) is 0 Å². The molecule has 30 heavy (non-hydrogen) atoms. The van der Waals surface area contributed by atoms with Crippen LogP contribution < -0.4 is 0 Å². The van der Waals surface area contributed by atoms with Gasteiger partial charge in [-0.05, 0) is 88.6 Å². The van der Waals surface area contributed by atoms with Crippen LogP contribution in [0.25, 0.3) is 17.2 Å². The van der Waals surface area contributed by atoms with Gasteiger partial charge in [0.1, 0.15) is 11.5 Å². The fourth-order valence-corrected chi connectivity index (χ4v) is 4.01. The lowest BCUT2D eigenvalue weighted by Gasteiger charge is -2.17. The number of benzene rings is 3. The van der Waals surface area contributed by atoms with Gasteiger partial charge >= 0.3 is 5.97 Å². The highest BCUT2D eigenvalue weighted by atomic mass is 16.4. The summed E-state index contributed by atoms with van der Waals surface area (Å²) in [5.41, 5.74) is 7.16. The van der Waals surface area contributed by atoms with Crippen molar-refractivity contribution in [3.63, 3.8) is 0 Å². The quantitative estimate of drug-likeness (QED) is 0.508. The first-order valence-electron chi connectivity index (χ1n) is 9.87. The highest BCUT2D eigenvalue weighted by Crippen LogP contribution is 2.41. The van der Waals surface area contributed by atoms with Crippen molar-refractivity contribution in [2.24, 2.45) is 0 Å². The average Bonchev–Trinajstić information content (AvgIpc) is 2.92. The fourth-order valence-electron chi connectivity index (χ4n) is 4.01. The van der Waals surface area contributed by atoms with Crippen LogP contribution in [0.5, 0.6) is 11.5 Å². The molecule has 0 saturated carbocycles. The topological polar surface area (TPSA) is 77.8 Å². The molecule has 4 nitrogen and oxygen atoms in total. The van der Waals surface area contributed by atoms with Crippen LogP contribution >= 0.6 is 0 Å². The molecule has 0 aromatic heterocycles. The first-order valence-corrected chi connectivity index (χ1v) is 9.87. The molecule has 0 aliphatic heterocycles. The first kappa shape index (κ1) is 19.5. The van der Waals surface area contributed by atoms with Gasteiger partial charge in [0.2, 0.25) is 0 Å². The number of carboxylic acid groups (broad SMARTS) is 1. The summed E-state index contributed by atoms with van der Waals surface area (Å²) in [5.74, 6) is -0.503. The lowest BCUT2D eigenvalue weighted by atomic mass is 9.87. The van der Waals surface area contributed by atoms with Gasteiger partial charge in [0, 0.05) is 6.08 Å². The Morgan fingerprint density at radius 2 is 1.60 bits per heavy atom. The van der Waals surface area contributed by atoms with Crippen molar-refractivity contribution < 1.29 is 20.1 Å². The number of rotatable bonds is 4. The van der Waals surface area contributed by atoms with Gasteiger partial charge < -0.3 is 15.3 Å². The average molecular weight is 398 g/mol. The van der Waals surface area contributed by atoms with E-state index in [1.54, 1.807) is 24.3 Å². The molecular formula is C26H22O4. The number of aliphatic carboxylic acids is 1. The number of aromatic hydroxyl groups is 2. The van der Waals surface area contributed by atoms with Crippen molar-refractivity contribution in [3.05, 3.63) is 101 Å². The second-order valence-corrected chi connectivity index (χ2v) is 7.39. The smallest absolute Gasteiger partial charge is 0.328 e. The molecule has 1 aliphatic carbocycles. The first-order chi connectivity index (χ1) is 14.5. The maximum Gasteiger partial charge on any atom is 0.328 e. The summed E-state index contributed by atoms with van der Waals surface area (Å²) < 4.78 is 0. The van der Waals surface area contributed by atoms with Crippen molar-refractivity contribution in [1.82, 2.24) is 0 Å². The van der Waals surface area contributed by atoms with E-state index in [9.17, 15) is 15.0 Å². The zero-order valence-electron chi connectivity index (χ0n) is 16.4. The summed E-state index contributed by atoms with van der Waals surface area (Å²) in [6.45, 7) is 0. The van der Waals surface area contributed by atoms with E-state index >= 15 is 0 Å². The second-order valence-electron chi connectivity index (χ2n) is 7.39. The van der Waals surface area contributed by atoms with Crippen LogP contribution in [0, 0.1) is 0 Å². The van der Waals surface area contributed by atoms with Crippen molar-refractivity contribution in [2.45, 2.75) is 19.3 Å². The van der Waals surface area contributed by atoms with Crippen molar-refractivity contribution in [3.8, 4) is 11.5 Å². The molecule has 0 spiro atoms. The van der Waals surface area contributed by atoms with E-state index in [1.807, 2.05) is 48.5 Å². The molecule has 0 atom stereocenters. The van der Waals surface area contributed by atoms with Crippen LogP contribution in [-0.2, 0) is 11.2 Å². The molecule has 3 aromatic rings. The third-order valence-electron chi connectivity index (χ3n) is 5.35. The number of aryl methyl sites for hydroxylation is 1. The van der Waals surface area contributed by atoms with Gasteiger partial charge in [-0.15, -0.1) is 0 Å². The number of hydrogen-bond donors (Lipinski definition) is 3. The molecule has 1 aliphatic rings. The van der Waals surface area contributed by atoms with Crippen LogP contribution in [0.2, 0.25) is 0 Å². The van der Waals surface area contributed by atoms with Gasteiger partial charge in [0.25, 0.3) is 0 Å². The summed E-state index contributed by atoms with van der Waals surface area (Å²) in [5, 5.41) is 28.9. The van der Waals surface area contributed by atoms with Gasteiger partial charge in [-0.25, -0.2) is 4.79 Å². The zero-order valence-corrected chi connectivity index (χ0v) is 16.4. The summed E-state index contributed by atoms with van der Waals surface area (Å²) in [6, 6.07) is 20.5. The number of phenols is 2. The molecule has 3 N–H and O–H groups in total. The lowest BCUT2D eigenvalue weighted by Crippen LogP contribution is -1.96. The predicted molar refractivity (Wildman–Crippen MR) is 118 cm³/mol. The van der Waals surface area contributed by atoms with Crippen LogP contribution in [0.1, 0.15) is 40.7 Å². The molecule has 0 radical (unpaired) electrons. The monoisotopic (exact) mass is 398 g/mol. The second kappa shape index (κ2) is 8.29. The SMILES string of the molecule is O=C(O)C=Cc1ccc(C2=C(c3cccc(O)c3)CCCc3cc(O)ccc32)cc1. The Bertz CT molecular complexity index is 1150. The van der Waals surface area contributed by atoms with E-state index in [0.29, 0.717) is 0 Å². The minimum absolute atomic E-state index is 0.226. The third-order valence-corrected chi connectivity index (χ3v) is 5.35. The molecule has 0 bridgehead atoms. The largest absolute Gasteiger partial charge is 0.508 e. The maximum absolute atomic E-state index is 10.8. The van der Waals surface area contributed by atoms with Crippen LogP contribution in [0.4, 0.5) is 0 Å². The molecule has 4 heteroatoms. The van der Waals surface area contributed by atoms with E-state index in [4.69, 9.17) is 5.11 Å². The van der Waals surface area contributed by atoms with Crippen LogP contribution in [0.3, 0.4) is 0 Å². The number of carbonyl (C=O) groups is 1. The highest BCUT2D eigenvalue weighted by Gasteiger charge is 2.20. The summed E-state index contributed by atoms with van der Waals surface area (Å²) in [7, 11) is 0. The summed E-state index contributed by atoms with van der Waals surface area (Å²) >= 11 is 0. The van der Waals surface area contributed by atoms with Gasteiger partial charge in [0.15, 0.2) is 0 Å². The van der Waals surface area contributed by atoms with Gasteiger partial charge in [0.05, 0.1) is 0 Å². The minimum Gasteiger partial charge on any atom is -0.508 e. The molecule has 150 valence electrons. The van der Waals surface area contributed by atoms with E-state index in [2.05, 4.69) is 0 Å². The predicted octanol–water partition coefficient (Wildman–Crippen LogP) is 5.49. The number of fused-ring (bicyclic) bond motifs is 1. The van der Waals surface area contributed by atoms with Crippen molar-refractivity contribution in [1.29, 1.82) is 0 Å². The van der Waals surface area contributed by atoms with E-state index < -0.39 is 5.97 Å². The molecule has 0 saturated heterocycles. The number of hydrogen-bond acceptors (Lipinski definition) is 3. The Labute approximate surface area is 175 Å². The molecule has 0 amide bonds. The van der Waals surface area contributed by atoms with E-state index in [0.717, 1.165) is 64.3 Å². The third kappa shape index (κ3) is 4.13. The number of phenolic OH excluding ortho intramolecular Hbond substituents is 2. The molecule has 0 heterocycles. The molecule has 0 fully saturated rings. The molecular weight excluding hydrogens is 376 g/mol. The van der Waals surface area contributed by atoms with Gasteiger partial charge in [-0.3, -0.25) is 0 Å². The lowest BCUT2D eigenvalue weighted by molar-refractivity contribution is -0.131. The van der Waals surface area contributed by atoms with Crippen LogP contribution in [0.15, 0.2) is 72.8 Å². The Balaban J connectivity index is 1.91. The van der Waals surface area contributed by atoms with E-state index in [-0.39, 0.29) is 11.5 Å². The summed E-state index contributed by atoms with van der Waals surface area (Å²) in [6.07, 6.45) is 5.32. The minimum atomic E-state index is -0.981.